The van der Waals surface area contributed by atoms with E-state index < -0.39 is 0 Å². The fourth-order valence-electron chi connectivity index (χ4n) is 2.65. The molecule has 3 heterocycles. The number of nitrogens with zero attached hydrogens (tertiary/aromatic N) is 5. The molecule has 5 nitrogen and oxygen atoms in total. The van der Waals surface area contributed by atoms with Crippen LogP contribution < -0.4 is 0 Å². The Hall–Kier alpha value is -2.17. The molecule has 110 valence electrons. The van der Waals surface area contributed by atoms with Crippen molar-refractivity contribution in [3.63, 3.8) is 0 Å². The molecule has 0 atom stereocenters. The quantitative estimate of drug-likeness (QED) is 0.736. The summed E-state index contributed by atoms with van der Waals surface area (Å²) >= 11 is 0. The van der Waals surface area contributed by atoms with E-state index in [4.69, 9.17) is 10.1 Å². The first kappa shape index (κ1) is 13.8. The highest BCUT2D eigenvalue weighted by Gasteiger charge is 2.15. The predicted octanol–water partition coefficient (Wildman–Crippen LogP) is 3.46. The number of aromatic nitrogens is 5. The first-order valence-corrected chi connectivity index (χ1v) is 7.56. The summed E-state index contributed by atoms with van der Waals surface area (Å²) in [5, 5.41) is 10.2. The molecule has 5 heteroatoms. The van der Waals surface area contributed by atoms with Crippen LogP contribution >= 0.6 is 0 Å². The van der Waals surface area contributed by atoms with E-state index >= 15 is 0 Å². The maximum absolute atomic E-state index is 4.86. The van der Waals surface area contributed by atoms with Crippen molar-refractivity contribution in [2.75, 3.05) is 0 Å². The molecule has 0 radical (unpaired) electrons. The van der Waals surface area contributed by atoms with Crippen molar-refractivity contribution in [3.8, 4) is 11.4 Å². The SMILES string of the molecule is CCc1nn(C(C)C)c2nc(-c3ccnn3CC)ccc12. The van der Waals surface area contributed by atoms with Gasteiger partial charge in [0.1, 0.15) is 0 Å². The Morgan fingerprint density at radius 1 is 1.14 bits per heavy atom. The summed E-state index contributed by atoms with van der Waals surface area (Å²) in [6.45, 7) is 9.33. The number of hydrogen-bond acceptors (Lipinski definition) is 3. The van der Waals surface area contributed by atoms with Crippen molar-refractivity contribution < 1.29 is 0 Å². The highest BCUT2D eigenvalue weighted by molar-refractivity contribution is 5.81. The summed E-state index contributed by atoms with van der Waals surface area (Å²) in [6, 6.07) is 6.51. The van der Waals surface area contributed by atoms with Crippen LogP contribution in [0.3, 0.4) is 0 Å². The van der Waals surface area contributed by atoms with Crippen LogP contribution in [0.25, 0.3) is 22.4 Å². The lowest BCUT2D eigenvalue weighted by Gasteiger charge is -2.08. The van der Waals surface area contributed by atoms with Crippen LogP contribution in [0.15, 0.2) is 24.4 Å². The van der Waals surface area contributed by atoms with Gasteiger partial charge in [0.2, 0.25) is 0 Å². The van der Waals surface area contributed by atoms with E-state index in [9.17, 15) is 0 Å². The van der Waals surface area contributed by atoms with E-state index in [2.05, 4.69) is 44.9 Å². The van der Waals surface area contributed by atoms with Crippen LogP contribution in [-0.2, 0) is 13.0 Å². The summed E-state index contributed by atoms with van der Waals surface area (Å²) in [7, 11) is 0. The summed E-state index contributed by atoms with van der Waals surface area (Å²) < 4.78 is 3.98. The zero-order valence-corrected chi connectivity index (χ0v) is 13.0. The van der Waals surface area contributed by atoms with Gasteiger partial charge >= 0.3 is 0 Å². The highest BCUT2D eigenvalue weighted by Crippen LogP contribution is 2.25. The lowest BCUT2D eigenvalue weighted by Crippen LogP contribution is -2.05. The van der Waals surface area contributed by atoms with Crippen LogP contribution in [0.1, 0.15) is 39.4 Å². The zero-order valence-electron chi connectivity index (χ0n) is 13.0. The maximum atomic E-state index is 4.86. The van der Waals surface area contributed by atoms with E-state index in [0.29, 0.717) is 6.04 Å². The Kier molecular flexibility index (Phi) is 3.49. The van der Waals surface area contributed by atoms with Gasteiger partial charge in [-0.1, -0.05) is 6.92 Å². The van der Waals surface area contributed by atoms with E-state index in [1.54, 1.807) is 0 Å². The summed E-state index contributed by atoms with van der Waals surface area (Å²) in [4.78, 5) is 4.86. The molecule has 3 aromatic heterocycles. The fraction of sp³-hybridized carbons (Fsp3) is 0.438. The smallest absolute Gasteiger partial charge is 0.159 e. The molecule has 21 heavy (non-hydrogen) atoms. The molecule has 0 unspecified atom stereocenters. The van der Waals surface area contributed by atoms with Gasteiger partial charge in [-0.3, -0.25) is 4.68 Å². The average molecular weight is 283 g/mol. The molecule has 0 aromatic carbocycles. The number of rotatable bonds is 4. The molecule has 3 aromatic rings. The summed E-state index contributed by atoms with van der Waals surface area (Å²) in [5.41, 5.74) is 4.07. The van der Waals surface area contributed by atoms with Crippen LogP contribution in [0.2, 0.25) is 0 Å². The minimum atomic E-state index is 0.298. The van der Waals surface area contributed by atoms with Crippen molar-refractivity contribution >= 4 is 11.0 Å². The highest BCUT2D eigenvalue weighted by atomic mass is 15.3. The third-order valence-electron chi connectivity index (χ3n) is 3.73. The Bertz CT molecular complexity index is 766. The van der Waals surface area contributed by atoms with Crippen LogP contribution in [0.4, 0.5) is 0 Å². The molecule has 0 N–H and O–H groups in total. The molecule has 0 aliphatic carbocycles. The van der Waals surface area contributed by atoms with Crippen LogP contribution in [0.5, 0.6) is 0 Å². The third kappa shape index (κ3) is 2.22. The summed E-state index contributed by atoms with van der Waals surface area (Å²) in [6.07, 6.45) is 2.74. The molecule has 0 fully saturated rings. The Labute approximate surface area is 124 Å². The van der Waals surface area contributed by atoms with Gasteiger partial charge in [-0.25, -0.2) is 9.67 Å². The largest absolute Gasteiger partial charge is 0.264 e. The molecule has 0 aliphatic heterocycles. The summed E-state index contributed by atoms with van der Waals surface area (Å²) in [5.74, 6) is 0. The van der Waals surface area contributed by atoms with Crippen molar-refractivity contribution in [1.82, 2.24) is 24.5 Å². The Morgan fingerprint density at radius 3 is 2.62 bits per heavy atom. The molecule has 3 rings (SSSR count). The normalized spacial score (nSPS) is 11.7. The van der Waals surface area contributed by atoms with E-state index in [1.165, 1.54) is 0 Å². The van der Waals surface area contributed by atoms with E-state index in [1.807, 2.05) is 21.6 Å². The van der Waals surface area contributed by atoms with Crippen LogP contribution in [-0.4, -0.2) is 24.5 Å². The number of hydrogen-bond donors (Lipinski definition) is 0. The molecule has 0 spiro atoms. The molecular weight excluding hydrogens is 262 g/mol. The second kappa shape index (κ2) is 5.31. The maximum Gasteiger partial charge on any atom is 0.159 e. The minimum Gasteiger partial charge on any atom is -0.264 e. The fourth-order valence-corrected chi connectivity index (χ4v) is 2.65. The van der Waals surface area contributed by atoms with E-state index in [-0.39, 0.29) is 0 Å². The Morgan fingerprint density at radius 2 is 1.95 bits per heavy atom. The number of pyridine rings is 1. The van der Waals surface area contributed by atoms with Gasteiger partial charge in [0.25, 0.3) is 0 Å². The van der Waals surface area contributed by atoms with Gasteiger partial charge in [0.15, 0.2) is 5.65 Å². The van der Waals surface area contributed by atoms with Crippen molar-refractivity contribution in [2.45, 2.75) is 46.7 Å². The average Bonchev–Trinajstić information content (AvgIpc) is 3.10. The standard InChI is InChI=1S/C16H21N5/c1-5-13-12-7-8-14(15-9-10-17-20(15)6-2)18-16(12)21(19-13)11(3)4/h7-11H,5-6H2,1-4H3. The second-order valence-corrected chi connectivity index (χ2v) is 5.44. The minimum absolute atomic E-state index is 0.298. The first-order valence-electron chi connectivity index (χ1n) is 7.56. The zero-order chi connectivity index (χ0) is 15.0. The monoisotopic (exact) mass is 283 g/mol. The lowest BCUT2D eigenvalue weighted by molar-refractivity contribution is 0.540. The topological polar surface area (TPSA) is 48.5 Å². The van der Waals surface area contributed by atoms with E-state index in [0.717, 1.165) is 41.1 Å². The van der Waals surface area contributed by atoms with Crippen molar-refractivity contribution in [2.24, 2.45) is 0 Å². The third-order valence-corrected chi connectivity index (χ3v) is 3.73. The Balaban J connectivity index is 2.21. The molecule has 0 aliphatic rings. The van der Waals surface area contributed by atoms with Gasteiger partial charge in [-0.2, -0.15) is 10.2 Å². The predicted molar refractivity (Wildman–Crippen MR) is 84.2 cm³/mol. The van der Waals surface area contributed by atoms with Gasteiger partial charge < -0.3 is 0 Å². The number of fused-ring (bicyclic) bond motifs is 1. The lowest BCUT2D eigenvalue weighted by atomic mass is 10.2. The molecule has 0 saturated carbocycles. The van der Waals surface area contributed by atoms with Crippen molar-refractivity contribution in [3.05, 3.63) is 30.1 Å². The van der Waals surface area contributed by atoms with Gasteiger partial charge in [0.05, 0.1) is 17.1 Å². The van der Waals surface area contributed by atoms with Crippen molar-refractivity contribution in [1.29, 1.82) is 0 Å². The van der Waals surface area contributed by atoms with Gasteiger partial charge in [-0.15, -0.1) is 0 Å². The molecule has 0 bridgehead atoms. The van der Waals surface area contributed by atoms with Gasteiger partial charge in [0, 0.05) is 24.2 Å². The molecular formula is C16H21N5. The second-order valence-electron chi connectivity index (χ2n) is 5.44. The molecule has 0 saturated heterocycles. The molecule has 0 amide bonds. The van der Waals surface area contributed by atoms with Gasteiger partial charge in [-0.05, 0) is 45.4 Å². The number of aryl methyl sites for hydroxylation is 2. The van der Waals surface area contributed by atoms with Crippen LogP contribution in [0, 0.1) is 0 Å². The first-order chi connectivity index (χ1) is 10.2.